The Morgan fingerprint density at radius 1 is 1.14 bits per heavy atom. The van der Waals surface area contributed by atoms with Gasteiger partial charge in [-0.3, -0.25) is 0 Å². The molecule has 0 bridgehead atoms. The van der Waals surface area contributed by atoms with Gasteiger partial charge in [-0.1, -0.05) is 23.9 Å². The first-order chi connectivity index (χ1) is 6.93. The highest BCUT2D eigenvalue weighted by Crippen LogP contribution is 2.47. The van der Waals surface area contributed by atoms with Crippen LogP contribution < -0.4 is 4.74 Å². The van der Waals surface area contributed by atoms with Crippen LogP contribution in [0.4, 0.5) is 0 Å². The van der Waals surface area contributed by atoms with Gasteiger partial charge in [0.05, 0.1) is 10.6 Å². The number of H-pyrrole nitrogens is 1. The van der Waals surface area contributed by atoms with E-state index in [9.17, 15) is 0 Å². The van der Waals surface area contributed by atoms with Gasteiger partial charge in [0, 0.05) is 6.20 Å². The minimum atomic E-state index is 0.0856. The van der Waals surface area contributed by atoms with Crippen molar-refractivity contribution in [3.63, 3.8) is 0 Å². The third-order valence-electron chi connectivity index (χ3n) is 2.19. The number of ether oxygens (including phenoxy) is 1. The summed E-state index contributed by atoms with van der Waals surface area (Å²) in [6.07, 6.45) is 1.92. The Hall–Kier alpha value is -1.35. The molecule has 0 radical (unpaired) electrons. The molecule has 2 heterocycles. The normalized spacial score (nSPS) is 19.0. The molecule has 0 saturated heterocycles. The number of fused-ring (bicyclic) bond motifs is 1. The van der Waals surface area contributed by atoms with Crippen LogP contribution in [0.1, 0.15) is 11.1 Å². The third kappa shape index (κ3) is 1.21. The minimum absolute atomic E-state index is 0.0856. The Kier molecular flexibility index (Phi) is 1.77. The topological polar surface area (TPSA) is 25.0 Å². The average molecular weight is 203 g/mol. The van der Waals surface area contributed by atoms with Crippen molar-refractivity contribution in [3.05, 3.63) is 48.3 Å². The number of aromatic amines is 1. The van der Waals surface area contributed by atoms with E-state index in [1.165, 1.54) is 4.90 Å². The van der Waals surface area contributed by atoms with Crippen LogP contribution in [0.3, 0.4) is 0 Å². The van der Waals surface area contributed by atoms with Crippen molar-refractivity contribution in [1.29, 1.82) is 0 Å². The number of nitrogens with one attached hydrogen (secondary N) is 1. The second-order valence-corrected chi connectivity index (χ2v) is 4.24. The average Bonchev–Trinajstić information content (AvgIpc) is 2.86. The van der Waals surface area contributed by atoms with Crippen molar-refractivity contribution in [2.75, 3.05) is 0 Å². The molecule has 1 unspecified atom stereocenters. The molecule has 1 N–H and O–H groups in total. The summed E-state index contributed by atoms with van der Waals surface area (Å²) < 4.78 is 5.78. The van der Waals surface area contributed by atoms with E-state index in [1.54, 1.807) is 11.8 Å². The van der Waals surface area contributed by atoms with E-state index in [0.29, 0.717) is 0 Å². The maximum atomic E-state index is 5.78. The molecule has 3 heteroatoms. The molecular formula is C11H9NOS. The van der Waals surface area contributed by atoms with E-state index >= 15 is 0 Å². The van der Waals surface area contributed by atoms with Gasteiger partial charge < -0.3 is 9.72 Å². The van der Waals surface area contributed by atoms with Crippen molar-refractivity contribution < 1.29 is 4.74 Å². The van der Waals surface area contributed by atoms with Crippen molar-refractivity contribution in [3.8, 4) is 5.75 Å². The van der Waals surface area contributed by atoms with Gasteiger partial charge in [-0.05, 0) is 24.3 Å². The summed E-state index contributed by atoms with van der Waals surface area (Å²) in [4.78, 5) is 4.38. The SMILES string of the molecule is c1c[nH]c(C2Oc3ccccc3S2)c1. The molecule has 14 heavy (non-hydrogen) atoms. The number of aromatic nitrogens is 1. The fourth-order valence-electron chi connectivity index (χ4n) is 1.52. The van der Waals surface area contributed by atoms with Crippen molar-refractivity contribution in [2.24, 2.45) is 0 Å². The van der Waals surface area contributed by atoms with E-state index < -0.39 is 0 Å². The molecule has 1 atom stereocenters. The lowest BCUT2D eigenvalue weighted by atomic mass is 10.3. The largest absolute Gasteiger partial charge is 0.472 e. The van der Waals surface area contributed by atoms with Crippen molar-refractivity contribution in [2.45, 2.75) is 10.3 Å². The Morgan fingerprint density at radius 2 is 2.07 bits per heavy atom. The van der Waals surface area contributed by atoms with Gasteiger partial charge in [0.15, 0.2) is 5.44 Å². The smallest absolute Gasteiger partial charge is 0.189 e. The monoisotopic (exact) mass is 203 g/mol. The number of benzene rings is 1. The zero-order valence-corrected chi connectivity index (χ0v) is 8.25. The number of rotatable bonds is 1. The molecular weight excluding hydrogens is 194 g/mol. The Bertz CT molecular complexity index is 413. The van der Waals surface area contributed by atoms with Crippen LogP contribution in [-0.4, -0.2) is 4.98 Å². The summed E-state index contributed by atoms with van der Waals surface area (Å²) in [5.41, 5.74) is 1.20. The highest BCUT2D eigenvalue weighted by atomic mass is 32.2. The van der Waals surface area contributed by atoms with Crippen LogP contribution in [0, 0.1) is 0 Å². The fraction of sp³-hybridized carbons (Fsp3) is 0.0909. The maximum Gasteiger partial charge on any atom is 0.189 e. The van der Waals surface area contributed by atoms with E-state index in [4.69, 9.17) is 4.74 Å². The minimum Gasteiger partial charge on any atom is -0.472 e. The Balaban J connectivity index is 1.92. The Morgan fingerprint density at radius 3 is 2.86 bits per heavy atom. The second-order valence-electron chi connectivity index (χ2n) is 3.14. The van der Waals surface area contributed by atoms with Gasteiger partial charge in [0.2, 0.25) is 0 Å². The van der Waals surface area contributed by atoms with Crippen molar-refractivity contribution in [1.82, 2.24) is 4.98 Å². The number of para-hydroxylation sites is 1. The quantitative estimate of drug-likeness (QED) is 0.769. The van der Waals surface area contributed by atoms with Crippen LogP contribution in [0.2, 0.25) is 0 Å². The summed E-state index contributed by atoms with van der Waals surface area (Å²) in [5.74, 6) is 0.983. The standard InChI is InChI=1S/C11H9NOS/c1-2-6-10-9(5-1)13-11(14-10)8-4-3-7-12-8/h1-7,11-12H. The molecule has 1 aromatic heterocycles. The molecule has 0 aliphatic carbocycles. The zero-order chi connectivity index (χ0) is 9.38. The van der Waals surface area contributed by atoms with Gasteiger partial charge in [-0.15, -0.1) is 0 Å². The lowest BCUT2D eigenvalue weighted by Gasteiger charge is -2.06. The van der Waals surface area contributed by atoms with Gasteiger partial charge >= 0.3 is 0 Å². The second kappa shape index (κ2) is 3.10. The highest BCUT2D eigenvalue weighted by molar-refractivity contribution is 7.99. The lowest BCUT2D eigenvalue weighted by Crippen LogP contribution is -1.97. The van der Waals surface area contributed by atoms with Crippen molar-refractivity contribution >= 4 is 11.8 Å². The van der Waals surface area contributed by atoms with Gasteiger partial charge in [-0.2, -0.15) is 0 Å². The molecule has 2 aromatic rings. The zero-order valence-electron chi connectivity index (χ0n) is 7.44. The van der Waals surface area contributed by atoms with Crippen LogP contribution in [0.25, 0.3) is 0 Å². The first-order valence-electron chi connectivity index (χ1n) is 4.49. The van der Waals surface area contributed by atoms with Gasteiger partial charge in [-0.25, -0.2) is 0 Å². The molecule has 1 aliphatic rings. The van der Waals surface area contributed by atoms with Gasteiger partial charge in [0.1, 0.15) is 5.75 Å². The van der Waals surface area contributed by atoms with E-state index in [2.05, 4.69) is 11.1 Å². The summed E-state index contributed by atoms with van der Waals surface area (Å²) in [6, 6.07) is 12.2. The first-order valence-corrected chi connectivity index (χ1v) is 5.37. The number of hydrogen-bond acceptors (Lipinski definition) is 2. The molecule has 2 nitrogen and oxygen atoms in total. The van der Waals surface area contributed by atoms with E-state index in [1.807, 2.05) is 36.5 Å². The predicted octanol–water partition coefficient (Wildman–Crippen LogP) is 3.20. The van der Waals surface area contributed by atoms with Crippen LogP contribution in [-0.2, 0) is 0 Å². The molecule has 0 amide bonds. The lowest BCUT2D eigenvalue weighted by molar-refractivity contribution is 0.298. The molecule has 0 fully saturated rings. The molecule has 0 saturated carbocycles. The molecule has 1 aliphatic heterocycles. The first kappa shape index (κ1) is 8.00. The molecule has 70 valence electrons. The highest BCUT2D eigenvalue weighted by Gasteiger charge is 2.24. The van der Waals surface area contributed by atoms with Gasteiger partial charge in [0.25, 0.3) is 0 Å². The predicted molar refractivity (Wildman–Crippen MR) is 56.5 cm³/mol. The van der Waals surface area contributed by atoms with Crippen LogP contribution in [0.5, 0.6) is 5.75 Å². The summed E-state index contributed by atoms with van der Waals surface area (Å²) in [5, 5.41) is 0. The van der Waals surface area contributed by atoms with E-state index in [-0.39, 0.29) is 5.44 Å². The summed E-state index contributed by atoms with van der Waals surface area (Å²) in [7, 11) is 0. The number of hydrogen-bond donors (Lipinski definition) is 1. The fourth-order valence-corrected chi connectivity index (χ4v) is 2.56. The van der Waals surface area contributed by atoms with Crippen LogP contribution >= 0.6 is 11.8 Å². The number of thioether (sulfide) groups is 1. The molecule has 0 spiro atoms. The third-order valence-corrected chi connectivity index (χ3v) is 3.35. The Labute approximate surface area is 86.3 Å². The maximum absolute atomic E-state index is 5.78. The molecule has 3 rings (SSSR count). The van der Waals surface area contributed by atoms with Crippen LogP contribution in [0.15, 0.2) is 47.5 Å². The summed E-state index contributed by atoms with van der Waals surface area (Å²) >= 11 is 1.74. The molecule has 1 aromatic carbocycles. The van der Waals surface area contributed by atoms with E-state index in [0.717, 1.165) is 11.4 Å². The summed E-state index contributed by atoms with van der Waals surface area (Å²) in [6.45, 7) is 0.